The van der Waals surface area contributed by atoms with E-state index in [2.05, 4.69) is 25.8 Å². The summed E-state index contributed by atoms with van der Waals surface area (Å²) < 4.78 is 0. The fourth-order valence-electron chi connectivity index (χ4n) is 2.81. The third-order valence-electron chi connectivity index (χ3n) is 4.08. The summed E-state index contributed by atoms with van der Waals surface area (Å²) in [6.07, 6.45) is 3.28. The van der Waals surface area contributed by atoms with E-state index in [-0.39, 0.29) is 18.4 Å². The van der Waals surface area contributed by atoms with Crippen molar-refractivity contribution < 1.29 is 9.59 Å². The van der Waals surface area contributed by atoms with Gasteiger partial charge in [-0.25, -0.2) is 0 Å². The summed E-state index contributed by atoms with van der Waals surface area (Å²) in [5.74, 6) is -0.325. The minimum absolute atomic E-state index is 0.0255. The van der Waals surface area contributed by atoms with Gasteiger partial charge in [0.25, 0.3) is 5.91 Å². The molecule has 8 nitrogen and oxygen atoms in total. The Hall–Kier alpha value is -3.42. The lowest BCUT2D eigenvalue weighted by molar-refractivity contribution is -0.120. The molecule has 2 aromatic heterocycles. The van der Waals surface area contributed by atoms with Crippen LogP contribution in [0.15, 0.2) is 42.7 Å². The molecule has 0 atom stereocenters. The number of H-pyrrole nitrogens is 1. The molecule has 2 amide bonds. The van der Waals surface area contributed by atoms with E-state index in [4.69, 9.17) is 0 Å². The largest absolute Gasteiger partial charge is 0.360 e. The lowest BCUT2D eigenvalue weighted by atomic mass is 10.2. The summed E-state index contributed by atoms with van der Waals surface area (Å²) >= 11 is 0. The van der Waals surface area contributed by atoms with E-state index in [1.165, 1.54) is 0 Å². The topological polar surface area (TPSA) is 103 Å². The highest BCUT2D eigenvalue weighted by Crippen LogP contribution is 2.19. The Kier molecular flexibility index (Phi) is 3.77. The number of hydrogen-bond donors (Lipinski definition) is 3. The van der Waals surface area contributed by atoms with Crippen LogP contribution in [0.1, 0.15) is 10.5 Å². The van der Waals surface area contributed by atoms with E-state index in [1.807, 2.05) is 17.0 Å². The normalized spacial score (nSPS) is 14.4. The van der Waals surface area contributed by atoms with Gasteiger partial charge in [-0.05, 0) is 30.3 Å². The van der Waals surface area contributed by atoms with Crippen LogP contribution in [0.2, 0.25) is 0 Å². The van der Waals surface area contributed by atoms with Gasteiger partial charge in [0.15, 0.2) is 0 Å². The zero-order valence-corrected chi connectivity index (χ0v) is 13.3. The number of anilines is 2. The average Bonchev–Trinajstić information content (AvgIpc) is 3.09. The van der Waals surface area contributed by atoms with Gasteiger partial charge in [0.05, 0.1) is 18.3 Å². The van der Waals surface area contributed by atoms with Crippen LogP contribution < -0.4 is 15.5 Å². The van der Waals surface area contributed by atoms with Crippen LogP contribution in [-0.2, 0) is 4.79 Å². The highest BCUT2D eigenvalue weighted by atomic mass is 16.2. The SMILES string of the molecule is O=C1CN(c2ccnc(C(=O)Nc3ccc4[nH]ncc4c3)c2)CCN1. The number of rotatable bonds is 3. The molecule has 0 saturated carbocycles. The quantitative estimate of drug-likeness (QED) is 0.666. The molecule has 0 unspecified atom stereocenters. The first-order valence-corrected chi connectivity index (χ1v) is 7.91. The molecule has 1 aliphatic heterocycles. The highest BCUT2D eigenvalue weighted by molar-refractivity contribution is 6.04. The second kappa shape index (κ2) is 6.23. The number of aromatic amines is 1. The van der Waals surface area contributed by atoms with Crippen LogP contribution in [0, 0.1) is 0 Å². The van der Waals surface area contributed by atoms with Crippen molar-refractivity contribution in [2.24, 2.45) is 0 Å². The molecule has 126 valence electrons. The fraction of sp³-hybridized carbons (Fsp3) is 0.176. The predicted molar refractivity (Wildman–Crippen MR) is 93.5 cm³/mol. The number of nitrogens with one attached hydrogen (secondary N) is 3. The van der Waals surface area contributed by atoms with Gasteiger partial charge in [0.2, 0.25) is 5.91 Å². The Morgan fingerprint density at radius 3 is 3.04 bits per heavy atom. The van der Waals surface area contributed by atoms with Crippen molar-refractivity contribution in [1.82, 2.24) is 20.5 Å². The Balaban J connectivity index is 1.53. The number of hydrogen-bond acceptors (Lipinski definition) is 5. The number of pyridine rings is 1. The number of carbonyl (C=O) groups excluding carboxylic acids is 2. The van der Waals surface area contributed by atoms with E-state index >= 15 is 0 Å². The van der Waals surface area contributed by atoms with Crippen LogP contribution in [0.3, 0.4) is 0 Å². The Morgan fingerprint density at radius 2 is 2.16 bits per heavy atom. The van der Waals surface area contributed by atoms with Crippen molar-refractivity contribution in [3.05, 3.63) is 48.4 Å². The minimum atomic E-state index is -0.300. The summed E-state index contributed by atoms with van der Waals surface area (Å²) in [4.78, 5) is 30.1. The monoisotopic (exact) mass is 336 g/mol. The first-order valence-electron chi connectivity index (χ1n) is 7.91. The number of carbonyl (C=O) groups is 2. The van der Waals surface area contributed by atoms with Gasteiger partial charge in [0.1, 0.15) is 5.69 Å². The summed E-state index contributed by atoms with van der Waals surface area (Å²) in [6.45, 7) is 1.57. The number of fused-ring (bicyclic) bond motifs is 1. The second-order valence-electron chi connectivity index (χ2n) is 5.80. The number of amides is 2. The molecule has 1 saturated heterocycles. The number of aromatic nitrogens is 3. The molecule has 0 spiro atoms. The average molecular weight is 336 g/mol. The Morgan fingerprint density at radius 1 is 1.24 bits per heavy atom. The van der Waals surface area contributed by atoms with Gasteiger partial charge in [-0.15, -0.1) is 0 Å². The van der Waals surface area contributed by atoms with Gasteiger partial charge in [-0.3, -0.25) is 19.7 Å². The van der Waals surface area contributed by atoms with Gasteiger partial charge in [-0.2, -0.15) is 5.10 Å². The zero-order valence-electron chi connectivity index (χ0n) is 13.3. The first kappa shape index (κ1) is 15.1. The molecule has 0 radical (unpaired) electrons. The van der Waals surface area contributed by atoms with E-state index < -0.39 is 0 Å². The van der Waals surface area contributed by atoms with E-state index in [0.29, 0.717) is 24.5 Å². The highest BCUT2D eigenvalue weighted by Gasteiger charge is 2.18. The maximum atomic E-state index is 12.5. The fourth-order valence-corrected chi connectivity index (χ4v) is 2.81. The Bertz CT molecular complexity index is 951. The molecule has 1 aromatic carbocycles. The van der Waals surface area contributed by atoms with E-state index in [0.717, 1.165) is 16.6 Å². The molecular formula is C17H16N6O2. The molecular weight excluding hydrogens is 320 g/mol. The van der Waals surface area contributed by atoms with E-state index in [1.54, 1.807) is 30.6 Å². The number of nitrogens with zero attached hydrogens (tertiary/aromatic N) is 3. The van der Waals surface area contributed by atoms with Gasteiger partial charge < -0.3 is 15.5 Å². The van der Waals surface area contributed by atoms with Crippen molar-refractivity contribution in [2.45, 2.75) is 0 Å². The summed E-state index contributed by atoms with van der Waals surface area (Å²) in [5, 5.41) is 13.4. The molecule has 3 aromatic rings. The van der Waals surface area contributed by atoms with Crippen LogP contribution in [0.5, 0.6) is 0 Å². The maximum Gasteiger partial charge on any atom is 0.274 e. The Labute approximate surface area is 143 Å². The molecule has 3 N–H and O–H groups in total. The molecule has 1 aliphatic rings. The van der Waals surface area contributed by atoms with Crippen molar-refractivity contribution in [1.29, 1.82) is 0 Å². The molecule has 4 rings (SSSR count). The second-order valence-corrected chi connectivity index (χ2v) is 5.80. The summed E-state index contributed by atoms with van der Waals surface area (Å²) in [6, 6.07) is 9.00. The molecule has 25 heavy (non-hydrogen) atoms. The number of benzene rings is 1. The van der Waals surface area contributed by atoms with Crippen LogP contribution >= 0.6 is 0 Å². The molecule has 0 aliphatic carbocycles. The first-order chi connectivity index (χ1) is 12.2. The summed E-state index contributed by atoms with van der Waals surface area (Å²) in [5.41, 5.74) is 2.68. The van der Waals surface area contributed by atoms with Crippen LogP contribution in [0.25, 0.3) is 10.9 Å². The zero-order chi connectivity index (χ0) is 17.2. The molecule has 3 heterocycles. The third kappa shape index (κ3) is 3.14. The molecule has 0 bridgehead atoms. The van der Waals surface area contributed by atoms with E-state index in [9.17, 15) is 9.59 Å². The van der Waals surface area contributed by atoms with Gasteiger partial charge >= 0.3 is 0 Å². The molecule has 8 heteroatoms. The molecule has 1 fully saturated rings. The van der Waals surface area contributed by atoms with Crippen LogP contribution in [0.4, 0.5) is 11.4 Å². The van der Waals surface area contributed by atoms with Crippen LogP contribution in [-0.4, -0.2) is 46.6 Å². The number of piperazine rings is 1. The predicted octanol–water partition coefficient (Wildman–Crippen LogP) is 1.15. The lowest BCUT2D eigenvalue weighted by Crippen LogP contribution is -2.47. The standard InChI is InChI=1S/C17H16N6O2/c24-16-10-23(6-5-19-16)13-3-4-18-15(8-13)17(25)21-12-1-2-14-11(7-12)9-20-22-14/h1-4,7-9H,5-6,10H2,(H,19,24)(H,20,22)(H,21,25). The van der Waals surface area contributed by atoms with Crippen molar-refractivity contribution in [2.75, 3.05) is 29.9 Å². The third-order valence-corrected chi connectivity index (χ3v) is 4.08. The van der Waals surface area contributed by atoms with Crippen molar-refractivity contribution in [3.63, 3.8) is 0 Å². The smallest absolute Gasteiger partial charge is 0.274 e. The lowest BCUT2D eigenvalue weighted by Gasteiger charge is -2.28. The minimum Gasteiger partial charge on any atom is -0.360 e. The van der Waals surface area contributed by atoms with Crippen molar-refractivity contribution in [3.8, 4) is 0 Å². The van der Waals surface area contributed by atoms with Gasteiger partial charge in [-0.1, -0.05) is 0 Å². The maximum absolute atomic E-state index is 12.5. The van der Waals surface area contributed by atoms with Gasteiger partial charge in [0, 0.05) is 36.0 Å². The summed E-state index contributed by atoms with van der Waals surface area (Å²) in [7, 11) is 0. The van der Waals surface area contributed by atoms with Crippen molar-refractivity contribution >= 4 is 34.1 Å².